The minimum atomic E-state index is -3.61. The molecule has 0 aliphatic heterocycles. The summed E-state index contributed by atoms with van der Waals surface area (Å²) in [6.07, 6.45) is 5.18. The molecule has 0 unspecified atom stereocenters. The second-order valence-electron chi connectivity index (χ2n) is 2.70. The number of fused-ring (bicyclic) bond motifs is 1. The van der Waals surface area contributed by atoms with Crippen molar-refractivity contribution < 1.29 is 8.42 Å². The van der Waals surface area contributed by atoms with Crippen LogP contribution in [0.25, 0.3) is 4.83 Å². The van der Waals surface area contributed by atoms with Crippen LogP contribution in [0.3, 0.4) is 0 Å². The first-order chi connectivity index (χ1) is 6.54. The molecule has 0 aromatic carbocycles. The van der Waals surface area contributed by atoms with Gasteiger partial charge in [-0.05, 0) is 0 Å². The molecule has 2 heterocycles. The Bertz CT molecular complexity index is 512. The third kappa shape index (κ3) is 2.10. The van der Waals surface area contributed by atoms with Crippen molar-refractivity contribution in [2.24, 2.45) is 5.14 Å². The number of aromatic nitrogens is 2. The molecule has 0 aliphatic carbocycles. The van der Waals surface area contributed by atoms with Crippen molar-refractivity contribution in [2.75, 3.05) is 0 Å². The number of nitrogens with zero attached hydrogens (tertiary/aromatic N) is 2. The van der Waals surface area contributed by atoms with Gasteiger partial charge in [-0.2, -0.15) is 13.1 Å². The molecule has 0 radical (unpaired) electrons. The van der Waals surface area contributed by atoms with E-state index >= 15 is 0 Å². The number of hydrogen-bond acceptors (Lipinski definition) is 4. The van der Waals surface area contributed by atoms with Gasteiger partial charge in [-0.15, -0.1) is 11.3 Å². The lowest BCUT2D eigenvalue weighted by Crippen LogP contribution is -2.29. The maximum absolute atomic E-state index is 10.6. The Balaban J connectivity index is 2.16. The smallest absolute Gasteiger partial charge is 0.274 e. The van der Waals surface area contributed by atoms with Crippen LogP contribution < -0.4 is 9.86 Å². The fraction of sp³-hybridized carbons (Fsp3) is 0.167. The summed E-state index contributed by atoms with van der Waals surface area (Å²) in [5.74, 6) is 0. The molecule has 0 saturated carbocycles. The van der Waals surface area contributed by atoms with Crippen molar-refractivity contribution in [2.45, 2.75) is 6.54 Å². The molecule has 0 atom stereocenters. The van der Waals surface area contributed by atoms with E-state index in [2.05, 4.69) is 9.71 Å². The highest BCUT2D eigenvalue weighted by molar-refractivity contribution is 7.87. The minimum Gasteiger partial charge on any atom is -0.297 e. The first-order valence-electron chi connectivity index (χ1n) is 3.72. The van der Waals surface area contributed by atoms with Crippen LogP contribution in [0.15, 0.2) is 18.7 Å². The predicted octanol–water partition coefficient (Wildman–Crippen LogP) is -0.311. The highest BCUT2D eigenvalue weighted by atomic mass is 32.2. The second kappa shape index (κ2) is 3.31. The number of nitrogens with one attached hydrogen (secondary N) is 1. The molecule has 2 aromatic rings. The van der Waals surface area contributed by atoms with Gasteiger partial charge >= 0.3 is 0 Å². The van der Waals surface area contributed by atoms with E-state index < -0.39 is 10.2 Å². The van der Waals surface area contributed by atoms with Crippen molar-refractivity contribution >= 4 is 26.4 Å². The maximum atomic E-state index is 10.6. The molecule has 6 nitrogen and oxygen atoms in total. The first-order valence-corrected chi connectivity index (χ1v) is 6.09. The number of rotatable bonds is 3. The zero-order valence-corrected chi connectivity index (χ0v) is 8.68. The van der Waals surface area contributed by atoms with Crippen LogP contribution in [-0.4, -0.2) is 17.8 Å². The van der Waals surface area contributed by atoms with Crippen LogP contribution in [0.1, 0.15) is 4.88 Å². The standard InChI is InChI=1S/C6H8N4O2S2/c7-14(11,12)9-1-5-3-10-4-8-2-6(10)13-5/h2-4,9H,1H2,(H2,7,11,12). The van der Waals surface area contributed by atoms with Crippen molar-refractivity contribution in [3.63, 3.8) is 0 Å². The Labute approximate surface area is 84.6 Å². The van der Waals surface area contributed by atoms with Crippen LogP contribution in [0.4, 0.5) is 0 Å². The third-order valence-corrected chi connectivity index (χ3v) is 3.18. The van der Waals surface area contributed by atoms with Crippen molar-refractivity contribution in [3.05, 3.63) is 23.6 Å². The summed E-state index contributed by atoms with van der Waals surface area (Å²) in [7, 11) is -3.61. The van der Waals surface area contributed by atoms with Crippen LogP contribution in [0.5, 0.6) is 0 Å². The molecule has 76 valence electrons. The molecule has 3 N–H and O–H groups in total. The summed E-state index contributed by atoms with van der Waals surface area (Å²) in [5.41, 5.74) is 0. The van der Waals surface area contributed by atoms with Gasteiger partial charge < -0.3 is 0 Å². The summed E-state index contributed by atoms with van der Waals surface area (Å²) in [4.78, 5) is 5.78. The fourth-order valence-electron chi connectivity index (χ4n) is 1.04. The van der Waals surface area contributed by atoms with Gasteiger partial charge in [0.1, 0.15) is 4.83 Å². The van der Waals surface area contributed by atoms with Crippen molar-refractivity contribution in [1.29, 1.82) is 0 Å². The van der Waals surface area contributed by atoms with E-state index in [1.165, 1.54) is 11.3 Å². The van der Waals surface area contributed by atoms with Crippen molar-refractivity contribution in [3.8, 4) is 0 Å². The molecule has 0 aliphatic rings. The van der Waals surface area contributed by atoms with E-state index in [9.17, 15) is 8.42 Å². The number of nitrogens with two attached hydrogens (primary N) is 1. The summed E-state index contributed by atoms with van der Waals surface area (Å²) in [6.45, 7) is 0.213. The molecule has 0 saturated heterocycles. The minimum absolute atomic E-state index is 0.213. The van der Waals surface area contributed by atoms with Crippen LogP contribution >= 0.6 is 11.3 Å². The van der Waals surface area contributed by atoms with Gasteiger partial charge in [0.2, 0.25) is 0 Å². The molecule has 0 fully saturated rings. The summed E-state index contributed by atoms with van der Waals surface area (Å²) in [6, 6.07) is 0. The van der Waals surface area contributed by atoms with Gasteiger partial charge in [-0.3, -0.25) is 4.40 Å². The predicted molar refractivity (Wildman–Crippen MR) is 53.0 cm³/mol. The number of hydrogen-bond donors (Lipinski definition) is 2. The molecule has 14 heavy (non-hydrogen) atoms. The number of thiazole rings is 1. The normalized spacial score (nSPS) is 12.4. The van der Waals surface area contributed by atoms with Crippen LogP contribution in [-0.2, 0) is 16.8 Å². The van der Waals surface area contributed by atoms with Crippen molar-refractivity contribution in [1.82, 2.24) is 14.1 Å². The van der Waals surface area contributed by atoms with Gasteiger partial charge in [-0.25, -0.2) is 10.1 Å². The molecular formula is C6H8N4O2S2. The Morgan fingerprint density at radius 3 is 3.07 bits per heavy atom. The van der Waals surface area contributed by atoms with E-state index in [0.717, 1.165) is 9.71 Å². The third-order valence-electron chi connectivity index (χ3n) is 1.60. The summed E-state index contributed by atoms with van der Waals surface area (Å²) in [5, 5.41) is 4.80. The Morgan fingerprint density at radius 2 is 2.43 bits per heavy atom. The quantitative estimate of drug-likeness (QED) is 0.760. The van der Waals surface area contributed by atoms with Crippen LogP contribution in [0.2, 0.25) is 0 Å². The SMILES string of the molecule is NS(=O)(=O)NCc1cn2cncc2s1. The maximum Gasteiger partial charge on any atom is 0.274 e. The molecular weight excluding hydrogens is 224 g/mol. The monoisotopic (exact) mass is 232 g/mol. The average molecular weight is 232 g/mol. The van der Waals surface area contributed by atoms with Gasteiger partial charge in [0.25, 0.3) is 10.2 Å². The topological polar surface area (TPSA) is 89.5 Å². The lowest BCUT2D eigenvalue weighted by atomic mass is 10.6. The average Bonchev–Trinajstić information content (AvgIpc) is 2.56. The fourth-order valence-corrected chi connectivity index (χ4v) is 2.38. The van der Waals surface area contributed by atoms with E-state index in [4.69, 9.17) is 5.14 Å². The zero-order valence-electron chi connectivity index (χ0n) is 7.04. The number of imidazole rings is 1. The lowest BCUT2D eigenvalue weighted by molar-refractivity contribution is 0.583. The largest absolute Gasteiger partial charge is 0.297 e. The Morgan fingerprint density at radius 1 is 1.64 bits per heavy atom. The van der Waals surface area contributed by atoms with Gasteiger partial charge in [0, 0.05) is 17.6 Å². The Hall–Kier alpha value is -0.960. The van der Waals surface area contributed by atoms with Gasteiger partial charge in [0.05, 0.1) is 12.5 Å². The highest BCUT2D eigenvalue weighted by Gasteiger charge is 2.05. The zero-order chi connectivity index (χ0) is 10.2. The molecule has 8 heteroatoms. The molecule has 2 aromatic heterocycles. The highest BCUT2D eigenvalue weighted by Crippen LogP contribution is 2.16. The first kappa shape index (κ1) is 9.59. The lowest BCUT2D eigenvalue weighted by Gasteiger charge is -1.96. The van der Waals surface area contributed by atoms with Gasteiger partial charge in [0.15, 0.2) is 0 Å². The second-order valence-corrected chi connectivity index (χ2v) is 5.23. The molecule has 2 rings (SSSR count). The Kier molecular flexibility index (Phi) is 2.27. The van der Waals surface area contributed by atoms with E-state index in [1.807, 2.05) is 10.6 Å². The van der Waals surface area contributed by atoms with Gasteiger partial charge in [-0.1, -0.05) is 0 Å². The molecule has 0 bridgehead atoms. The summed E-state index contributed by atoms with van der Waals surface area (Å²) >= 11 is 1.46. The van der Waals surface area contributed by atoms with E-state index in [1.54, 1.807) is 12.5 Å². The van der Waals surface area contributed by atoms with Crippen LogP contribution in [0, 0.1) is 0 Å². The molecule has 0 spiro atoms. The summed E-state index contributed by atoms with van der Waals surface area (Å²) < 4.78 is 25.3. The van der Waals surface area contributed by atoms with E-state index in [0.29, 0.717) is 0 Å². The van der Waals surface area contributed by atoms with E-state index in [-0.39, 0.29) is 6.54 Å². The molecule has 0 amide bonds.